The van der Waals surface area contributed by atoms with E-state index in [9.17, 15) is 9.59 Å². The van der Waals surface area contributed by atoms with Crippen molar-refractivity contribution in [3.63, 3.8) is 0 Å². The van der Waals surface area contributed by atoms with Gasteiger partial charge in [0, 0.05) is 18.4 Å². The van der Waals surface area contributed by atoms with Gasteiger partial charge in [-0.3, -0.25) is 14.3 Å². The standard InChI is InChI=1S/C22H24N4O2/c1-2-17-8-10-19(11-9-17)21(27)12-13-22(28)25-20(14-26-16-23-15-24-26)18-6-4-3-5-7-18/h3-11,15-16,20H,2,12-14H2,1H3,(H,25,28). The first-order chi connectivity index (χ1) is 13.7. The van der Waals surface area contributed by atoms with Gasteiger partial charge >= 0.3 is 0 Å². The number of nitrogens with zero attached hydrogens (tertiary/aromatic N) is 3. The largest absolute Gasteiger partial charge is 0.347 e. The van der Waals surface area contributed by atoms with E-state index in [2.05, 4.69) is 22.3 Å². The van der Waals surface area contributed by atoms with Crippen LogP contribution >= 0.6 is 0 Å². The van der Waals surface area contributed by atoms with Gasteiger partial charge < -0.3 is 5.32 Å². The predicted octanol–water partition coefficient (Wildman–Crippen LogP) is 3.36. The molecule has 0 bridgehead atoms. The van der Waals surface area contributed by atoms with Crippen molar-refractivity contribution in [3.8, 4) is 0 Å². The first-order valence-corrected chi connectivity index (χ1v) is 9.44. The quantitative estimate of drug-likeness (QED) is 0.581. The lowest BCUT2D eigenvalue weighted by atomic mass is 10.0. The summed E-state index contributed by atoms with van der Waals surface area (Å²) in [4.78, 5) is 28.8. The number of nitrogens with one attached hydrogen (secondary N) is 1. The van der Waals surface area contributed by atoms with Crippen LogP contribution in [0.5, 0.6) is 0 Å². The third kappa shape index (κ3) is 5.36. The SMILES string of the molecule is CCc1ccc(C(=O)CCC(=O)NC(Cn2cncn2)c2ccccc2)cc1. The number of aromatic nitrogens is 3. The Hall–Kier alpha value is -3.28. The van der Waals surface area contributed by atoms with Crippen LogP contribution in [0.1, 0.15) is 47.3 Å². The molecule has 1 unspecified atom stereocenters. The average molecular weight is 376 g/mol. The van der Waals surface area contributed by atoms with Gasteiger partial charge in [-0.25, -0.2) is 4.98 Å². The van der Waals surface area contributed by atoms with E-state index >= 15 is 0 Å². The second-order valence-corrected chi connectivity index (χ2v) is 6.62. The molecule has 3 aromatic rings. The van der Waals surface area contributed by atoms with Crippen molar-refractivity contribution in [2.75, 3.05) is 0 Å². The Morgan fingerprint density at radius 3 is 2.43 bits per heavy atom. The number of carbonyl (C=O) groups excluding carboxylic acids is 2. The van der Waals surface area contributed by atoms with E-state index in [1.165, 1.54) is 11.9 Å². The number of ketones is 1. The molecule has 1 aromatic heterocycles. The van der Waals surface area contributed by atoms with Crippen LogP contribution in [-0.4, -0.2) is 26.5 Å². The molecule has 1 amide bonds. The van der Waals surface area contributed by atoms with Crippen molar-refractivity contribution >= 4 is 11.7 Å². The fourth-order valence-corrected chi connectivity index (χ4v) is 3.00. The van der Waals surface area contributed by atoms with Crippen LogP contribution in [-0.2, 0) is 17.8 Å². The highest BCUT2D eigenvalue weighted by molar-refractivity contribution is 5.98. The molecule has 0 fully saturated rings. The van der Waals surface area contributed by atoms with E-state index in [4.69, 9.17) is 0 Å². The Morgan fingerprint density at radius 1 is 1.04 bits per heavy atom. The van der Waals surface area contributed by atoms with Crippen molar-refractivity contribution < 1.29 is 9.59 Å². The van der Waals surface area contributed by atoms with Crippen LogP contribution in [0.3, 0.4) is 0 Å². The molecule has 0 spiro atoms. The molecule has 6 heteroatoms. The van der Waals surface area contributed by atoms with E-state index in [1.807, 2.05) is 54.6 Å². The monoisotopic (exact) mass is 376 g/mol. The minimum Gasteiger partial charge on any atom is -0.347 e. The highest BCUT2D eigenvalue weighted by Crippen LogP contribution is 2.15. The van der Waals surface area contributed by atoms with Gasteiger partial charge in [-0.15, -0.1) is 0 Å². The maximum Gasteiger partial charge on any atom is 0.220 e. The van der Waals surface area contributed by atoms with Crippen LogP contribution in [0, 0.1) is 0 Å². The summed E-state index contributed by atoms with van der Waals surface area (Å²) < 4.78 is 1.68. The van der Waals surface area contributed by atoms with Crippen LogP contribution in [0.2, 0.25) is 0 Å². The normalized spacial score (nSPS) is 11.8. The zero-order valence-electron chi connectivity index (χ0n) is 15.9. The summed E-state index contributed by atoms with van der Waals surface area (Å²) >= 11 is 0. The summed E-state index contributed by atoms with van der Waals surface area (Å²) in [5.74, 6) is -0.183. The van der Waals surface area contributed by atoms with Gasteiger partial charge in [-0.2, -0.15) is 5.10 Å². The lowest BCUT2D eigenvalue weighted by molar-refractivity contribution is -0.121. The van der Waals surface area contributed by atoms with Crippen molar-refractivity contribution in [2.24, 2.45) is 0 Å². The van der Waals surface area contributed by atoms with Gasteiger partial charge in [0.05, 0.1) is 12.6 Å². The van der Waals surface area contributed by atoms with Crippen LogP contribution in [0.4, 0.5) is 0 Å². The van der Waals surface area contributed by atoms with Crippen molar-refractivity contribution in [1.29, 1.82) is 0 Å². The second kappa shape index (κ2) is 9.60. The van der Waals surface area contributed by atoms with Crippen molar-refractivity contribution in [2.45, 2.75) is 38.8 Å². The second-order valence-electron chi connectivity index (χ2n) is 6.62. The number of aryl methyl sites for hydroxylation is 1. The molecule has 0 radical (unpaired) electrons. The van der Waals surface area contributed by atoms with Crippen LogP contribution in [0.15, 0.2) is 67.3 Å². The summed E-state index contributed by atoms with van der Waals surface area (Å²) in [7, 11) is 0. The Morgan fingerprint density at radius 2 is 1.79 bits per heavy atom. The summed E-state index contributed by atoms with van der Waals surface area (Å²) in [6.07, 6.45) is 4.35. The Labute approximate surface area is 164 Å². The van der Waals surface area contributed by atoms with Crippen LogP contribution < -0.4 is 5.32 Å². The lowest BCUT2D eigenvalue weighted by Crippen LogP contribution is -2.31. The van der Waals surface area contributed by atoms with E-state index in [0.29, 0.717) is 12.1 Å². The number of Topliss-reactive ketones (excluding diaryl/α,β-unsaturated/α-hetero) is 1. The number of carbonyl (C=O) groups is 2. The van der Waals surface area contributed by atoms with Gasteiger partial charge in [0.2, 0.25) is 5.91 Å². The zero-order chi connectivity index (χ0) is 19.8. The fraction of sp³-hybridized carbons (Fsp3) is 0.273. The van der Waals surface area contributed by atoms with E-state index in [0.717, 1.165) is 12.0 Å². The Kier molecular flexibility index (Phi) is 6.68. The number of hydrogen-bond donors (Lipinski definition) is 1. The molecule has 1 atom stereocenters. The predicted molar refractivity (Wildman–Crippen MR) is 107 cm³/mol. The number of rotatable bonds is 9. The first kappa shape index (κ1) is 19.5. The van der Waals surface area contributed by atoms with Gasteiger partial charge in [0.25, 0.3) is 0 Å². The van der Waals surface area contributed by atoms with Crippen molar-refractivity contribution in [1.82, 2.24) is 20.1 Å². The maximum absolute atomic E-state index is 12.5. The summed E-state index contributed by atoms with van der Waals surface area (Å²) in [6.45, 7) is 2.55. The van der Waals surface area contributed by atoms with Gasteiger partial charge in [0.1, 0.15) is 12.7 Å². The van der Waals surface area contributed by atoms with Gasteiger partial charge in [-0.05, 0) is 17.5 Å². The molecule has 0 aliphatic rings. The molecular formula is C22H24N4O2. The third-order valence-corrected chi connectivity index (χ3v) is 4.64. The fourth-order valence-electron chi connectivity index (χ4n) is 3.00. The third-order valence-electron chi connectivity index (χ3n) is 4.64. The first-order valence-electron chi connectivity index (χ1n) is 9.44. The average Bonchev–Trinajstić information content (AvgIpc) is 3.25. The molecule has 0 saturated carbocycles. The smallest absolute Gasteiger partial charge is 0.220 e. The van der Waals surface area contributed by atoms with Gasteiger partial charge in [-0.1, -0.05) is 61.5 Å². The molecule has 0 saturated heterocycles. The number of amides is 1. The number of benzene rings is 2. The van der Waals surface area contributed by atoms with E-state index in [1.54, 1.807) is 11.0 Å². The number of hydrogen-bond acceptors (Lipinski definition) is 4. The highest BCUT2D eigenvalue weighted by Gasteiger charge is 2.17. The lowest BCUT2D eigenvalue weighted by Gasteiger charge is -2.19. The molecule has 28 heavy (non-hydrogen) atoms. The van der Waals surface area contributed by atoms with Crippen LogP contribution in [0.25, 0.3) is 0 Å². The Balaban J connectivity index is 1.59. The highest BCUT2D eigenvalue weighted by atomic mass is 16.2. The molecule has 1 N–H and O–H groups in total. The van der Waals surface area contributed by atoms with Gasteiger partial charge in [0.15, 0.2) is 5.78 Å². The molecule has 0 aliphatic carbocycles. The molecule has 6 nitrogen and oxygen atoms in total. The molecular weight excluding hydrogens is 352 g/mol. The molecule has 0 aliphatic heterocycles. The topological polar surface area (TPSA) is 76.9 Å². The summed E-state index contributed by atoms with van der Waals surface area (Å²) in [6, 6.07) is 17.0. The molecule has 144 valence electrons. The summed E-state index contributed by atoms with van der Waals surface area (Å²) in [5, 5.41) is 7.13. The molecule has 3 rings (SSSR count). The Bertz CT molecular complexity index is 890. The maximum atomic E-state index is 12.5. The summed E-state index contributed by atoms with van der Waals surface area (Å²) in [5.41, 5.74) is 2.81. The zero-order valence-corrected chi connectivity index (χ0v) is 15.9. The molecule has 1 heterocycles. The van der Waals surface area contributed by atoms with E-state index in [-0.39, 0.29) is 30.6 Å². The minimum atomic E-state index is -0.241. The van der Waals surface area contributed by atoms with E-state index < -0.39 is 0 Å². The molecule has 2 aromatic carbocycles. The minimum absolute atomic E-state index is 0.0228. The van der Waals surface area contributed by atoms with Crippen molar-refractivity contribution in [3.05, 3.63) is 83.9 Å².